The minimum atomic E-state index is -0.216. The average Bonchev–Trinajstić information content (AvgIpc) is 3.47. The van der Waals surface area contributed by atoms with Gasteiger partial charge in [0.1, 0.15) is 0 Å². The number of para-hydroxylation sites is 1. The van der Waals surface area contributed by atoms with E-state index < -0.39 is 0 Å². The first kappa shape index (κ1) is 21.1. The van der Waals surface area contributed by atoms with Crippen LogP contribution in [-0.2, 0) is 22.5 Å². The van der Waals surface area contributed by atoms with Gasteiger partial charge in [-0.15, -0.1) is 0 Å². The molecule has 4 aromatic rings. The molecule has 0 atom stereocenters. The van der Waals surface area contributed by atoms with Crippen molar-refractivity contribution in [3.05, 3.63) is 48.5 Å². The Morgan fingerprint density at radius 3 is 2.79 bits per heavy atom. The first-order chi connectivity index (χ1) is 16.2. The van der Waals surface area contributed by atoms with Crippen LogP contribution in [-0.4, -0.2) is 50.1 Å². The van der Waals surface area contributed by atoms with Crippen LogP contribution in [0.5, 0.6) is 0 Å². The molecule has 1 amide bonds. The summed E-state index contributed by atoms with van der Waals surface area (Å²) in [7, 11) is 0. The lowest BCUT2D eigenvalue weighted by Crippen LogP contribution is -2.28. The van der Waals surface area contributed by atoms with Crippen LogP contribution in [0.3, 0.4) is 0 Å². The normalized spacial score (nSPS) is 14.5. The lowest BCUT2D eigenvalue weighted by molar-refractivity contribution is -0.115. The Morgan fingerprint density at radius 2 is 2.00 bits per heavy atom. The number of fused-ring (bicyclic) bond motifs is 1. The van der Waals surface area contributed by atoms with Crippen molar-refractivity contribution in [1.82, 2.24) is 24.9 Å². The van der Waals surface area contributed by atoms with Crippen molar-refractivity contribution in [2.45, 2.75) is 38.8 Å². The van der Waals surface area contributed by atoms with E-state index in [0.29, 0.717) is 23.8 Å². The van der Waals surface area contributed by atoms with E-state index in [-0.39, 0.29) is 18.4 Å². The van der Waals surface area contributed by atoms with E-state index in [2.05, 4.69) is 30.9 Å². The molecule has 1 aliphatic heterocycles. The molecule has 0 saturated carbocycles. The molecule has 1 aromatic carbocycles. The van der Waals surface area contributed by atoms with Crippen molar-refractivity contribution in [3.8, 4) is 11.5 Å². The third-order valence-electron chi connectivity index (χ3n) is 5.61. The molecule has 33 heavy (non-hydrogen) atoms. The number of aromatic nitrogens is 5. The van der Waals surface area contributed by atoms with Crippen molar-refractivity contribution in [1.29, 1.82) is 0 Å². The highest BCUT2D eigenvalue weighted by Crippen LogP contribution is 2.34. The van der Waals surface area contributed by atoms with Gasteiger partial charge in [-0.1, -0.05) is 23.4 Å². The zero-order valence-corrected chi connectivity index (χ0v) is 18.3. The first-order valence-corrected chi connectivity index (χ1v) is 11.1. The molecule has 0 aliphatic carbocycles. The van der Waals surface area contributed by atoms with E-state index in [9.17, 15) is 4.79 Å². The van der Waals surface area contributed by atoms with Gasteiger partial charge in [0.2, 0.25) is 5.91 Å². The second kappa shape index (κ2) is 9.37. The van der Waals surface area contributed by atoms with E-state index in [0.717, 1.165) is 48.5 Å². The lowest BCUT2D eigenvalue weighted by Gasteiger charge is -2.25. The summed E-state index contributed by atoms with van der Waals surface area (Å²) in [5, 5.41) is 15.8. The van der Waals surface area contributed by atoms with Crippen LogP contribution in [0, 0.1) is 0 Å². The minimum Gasteiger partial charge on any atom is -0.381 e. The smallest absolute Gasteiger partial charge is 0.261 e. The second-order valence-electron chi connectivity index (χ2n) is 7.88. The number of hydrogen-bond acceptors (Lipinski definition) is 8. The van der Waals surface area contributed by atoms with Gasteiger partial charge in [-0.05, 0) is 31.9 Å². The molecule has 0 radical (unpaired) electrons. The van der Waals surface area contributed by atoms with Crippen LogP contribution in [0.1, 0.15) is 25.6 Å². The molecule has 5 rings (SSSR count). The molecule has 170 valence electrons. The van der Waals surface area contributed by atoms with Gasteiger partial charge in [-0.2, -0.15) is 10.1 Å². The van der Waals surface area contributed by atoms with E-state index in [1.165, 1.54) is 0 Å². The van der Waals surface area contributed by atoms with Gasteiger partial charge in [0.05, 0.1) is 29.3 Å². The summed E-state index contributed by atoms with van der Waals surface area (Å²) in [6, 6.07) is 9.52. The molecular formula is C23H25N7O3. The fourth-order valence-electron chi connectivity index (χ4n) is 3.93. The van der Waals surface area contributed by atoms with Gasteiger partial charge >= 0.3 is 0 Å². The Hall–Kier alpha value is -3.79. The fourth-order valence-corrected chi connectivity index (χ4v) is 3.93. The summed E-state index contributed by atoms with van der Waals surface area (Å²) in [5.41, 5.74) is 3.05. The van der Waals surface area contributed by atoms with Gasteiger partial charge in [-0.25, -0.2) is 9.67 Å². The number of hydrogen-bond donors (Lipinski definition) is 2. The average molecular weight is 447 g/mol. The van der Waals surface area contributed by atoms with E-state index in [1.807, 2.05) is 48.1 Å². The minimum absolute atomic E-state index is 0.00452. The molecule has 10 nitrogen and oxygen atoms in total. The summed E-state index contributed by atoms with van der Waals surface area (Å²) >= 11 is 0. The zero-order chi connectivity index (χ0) is 22.6. The summed E-state index contributed by atoms with van der Waals surface area (Å²) < 4.78 is 12.9. The molecule has 1 saturated heterocycles. The Kier molecular flexibility index (Phi) is 5.99. The standard InChI is InChI=1S/C23H25N7O3/c1-2-30-22-17(14-25-30)21(27-16-8-10-32-11-9-16)18(13-24-22)23-28-19(29-33-23)12-20(31)26-15-6-4-3-5-7-15/h3-7,13-14,16H,2,8-12H2,1H3,(H,24,27)(H,26,31). The SMILES string of the molecule is CCn1ncc2c(NC3CCOCC3)c(-c3nc(CC(=O)Nc4ccccc4)no3)cnc21. The van der Waals surface area contributed by atoms with Gasteiger partial charge in [0.15, 0.2) is 11.5 Å². The van der Waals surface area contributed by atoms with E-state index >= 15 is 0 Å². The van der Waals surface area contributed by atoms with Crippen molar-refractivity contribution >= 4 is 28.3 Å². The maximum Gasteiger partial charge on any atom is 0.261 e. The number of anilines is 2. The number of carbonyl (C=O) groups excluding carboxylic acids is 1. The molecule has 0 bridgehead atoms. The summed E-state index contributed by atoms with van der Waals surface area (Å²) in [4.78, 5) is 21.5. The largest absolute Gasteiger partial charge is 0.381 e. The Morgan fingerprint density at radius 1 is 1.18 bits per heavy atom. The fraction of sp³-hybridized carbons (Fsp3) is 0.348. The van der Waals surface area contributed by atoms with Crippen LogP contribution >= 0.6 is 0 Å². The van der Waals surface area contributed by atoms with Crippen LogP contribution in [0.15, 0.2) is 47.2 Å². The number of rotatable bonds is 7. The van der Waals surface area contributed by atoms with Crippen LogP contribution < -0.4 is 10.6 Å². The van der Waals surface area contributed by atoms with Crippen LogP contribution in [0.2, 0.25) is 0 Å². The number of ether oxygens (including phenoxy) is 1. The zero-order valence-electron chi connectivity index (χ0n) is 18.3. The number of nitrogens with one attached hydrogen (secondary N) is 2. The predicted molar refractivity (Wildman–Crippen MR) is 123 cm³/mol. The maximum absolute atomic E-state index is 12.4. The molecule has 10 heteroatoms. The molecule has 1 aliphatic rings. The number of pyridine rings is 1. The maximum atomic E-state index is 12.4. The third-order valence-corrected chi connectivity index (χ3v) is 5.61. The summed E-state index contributed by atoms with van der Waals surface area (Å²) in [5.74, 6) is 0.400. The van der Waals surface area contributed by atoms with Crippen molar-refractivity contribution in [2.24, 2.45) is 0 Å². The monoisotopic (exact) mass is 447 g/mol. The third kappa shape index (κ3) is 4.56. The summed E-state index contributed by atoms with van der Waals surface area (Å²) in [6.45, 7) is 4.18. The van der Waals surface area contributed by atoms with E-state index in [4.69, 9.17) is 9.26 Å². The summed E-state index contributed by atoms with van der Waals surface area (Å²) in [6.07, 6.45) is 5.34. The van der Waals surface area contributed by atoms with Gasteiger partial charge in [0, 0.05) is 37.7 Å². The number of nitrogens with zero attached hydrogens (tertiary/aromatic N) is 5. The van der Waals surface area contributed by atoms with Gasteiger partial charge < -0.3 is 19.9 Å². The predicted octanol–water partition coefficient (Wildman–Crippen LogP) is 3.27. The molecule has 2 N–H and O–H groups in total. The topological polar surface area (TPSA) is 120 Å². The number of carbonyl (C=O) groups is 1. The molecule has 0 spiro atoms. The van der Waals surface area contributed by atoms with Crippen molar-refractivity contribution in [2.75, 3.05) is 23.8 Å². The highest BCUT2D eigenvalue weighted by molar-refractivity contribution is 5.96. The Labute approximate surface area is 190 Å². The van der Waals surface area contributed by atoms with Crippen molar-refractivity contribution < 1.29 is 14.1 Å². The van der Waals surface area contributed by atoms with Crippen molar-refractivity contribution in [3.63, 3.8) is 0 Å². The highest BCUT2D eigenvalue weighted by Gasteiger charge is 2.23. The number of benzene rings is 1. The van der Waals surface area contributed by atoms with Gasteiger partial charge in [0.25, 0.3) is 5.89 Å². The van der Waals surface area contributed by atoms with E-state index in [1.54, 1.807) is 6.20 Å². The molecular weight excluding hydrogens is 422 g/mol. The quantitative estimate of drug-likeness (QED) is 0.443. The Bertz CT molecular complexity index is 1250. The lowest BCUT2D eigenvalue weighted by atomic mass is 10.1. The first-order valence-electron chi connectivity index (χ1n) is 11.1. The highest BCUT2D eigenvalue weighted by atomic mass is 16.5. The van der Waals surface area contributed by atoms with Crippen LogP contribution in [0.25, 0.3) is 22.5 Å². The number of aryl methyl sites for hydroxylation is 1. The molecule has 3 aromatic heterocycles. The molecule has 0 unspecified atom stereocenters. The molecule has 4 heterocycles. The molecule has 1 fully saturated rings. The number of amides is 1. The second-order valence-corrected chi connectivity index (χ2v) is 7.88. The van der Waals surface area contributed by atoms with Gasteiger partial charge in [-0.3, -0.25) is 4.79 Å². The van der Waals surface area contributed by atoms with Crippen LogP contribution in [0.4, 0.5) is 11.4 Å². The Balaban J connectivity index is 1.42.